The van der Waals surface area contributed by atoms with Gasteiger partial charge in [-0.3, -0.25) is 0 Å². The van der Waals surface area contributed by atoms with E-state index < -0.39 is 0 Å². The number of rotatable bonds is 3. The van der Waals surface area contributed by atoms with E-state index in [1.54, 1.807) is 36.5 Å². The van der Waals surface area contributed by atoms with Crippen molar-refractivity contribution >= 4 is 44.5 Å². The third kappa shape index (κ3) is 3.48. The van der Waals surface area contributed by atoms with Gasteiger partial charge in [0.25, 0.3) is 0 Å². The Morgan fingerprint density at radius 2 is 1.84 bits per heavy atom. The molecule has 6 rings (SSSR count). The first kappa shape index (κ1) is 18.4. The van der Waals surface area contributed by atoms with Crippen molar-refractivity contribution in [1.29, 1.82) is 0 Å². The summed E-state index contributed by atoms with van der Waals surface area (Å²) in [7, 11) is 0. The summed E-state index contributed by atoms with van der Waals surface area (Å²) in [6, 6.07) is 26.5. The van der Waals surface area contributed by atoms with Gasteiger partial charge in [-0.1, -0.05) is 58.5 Å². The van der Waals surface area contributed by atoms with E-state index in [1.165, 1.54) is 11.8 Å². The minimum absolute atomic E-state index is 0. The first-order valence-electron chi connectivity index (χ1n) is 10.7. The average molecular weight is 616 g/mol. The number of phenolic OH excluding ortho intramolecular Hbond substituents is 1. The van der Waals surface area contributed by atoms with Crippen molar-refractivity contribution in [3.8, 4) is 11.6 Å². The molecule has 0 aliphatic heterocycles. The van der Waals surface area contributed by atoms with Crippen molar-refractivity contribution in [2.24, 2.45) is 0 Å². The van der Waals surface area contributed by atoms with Gasteiger partial charge in [-0.25, -0.2) is 9.97 Å². The van der Waals surface area contributed by atoms with Crippen LogP contribution in [-0.2, 0) is 21.1 Å². The van der Waals surface area contributed by atoms with Crippen LogP contribution in [-0.4, -0.2) is 19.6 Å². The number of aromatic hydroxyl groups is 1. The number of fused-ring (bicyclic) bond motifs is 4. The minimum Gasteiger partial charge on any atom is -0.506 e. The predicted octanol–water partition coefficient (Wildman–Crippen LogP) is 6.38. The fourth-order valence-electron chi connectivity index (χ4n) is 3.83. The van der Waals surface area contributed by atoms with Gasteiger partial charge in [0, 0.05) is 38.2 Å². The van der Waals surface area contributed by atoms with E-state index in [1.807, 2.05) is 41.0 Å². The molecule has 4 nitrogen and oxygen atoms in total. The fraction of sp³-hybridized carbons (Fsp3) is 0. The van der Waals surface area contributed by atoms with Gasteiger partial charge in [0.15, 0.2) is 0 Å². The number of hydrogen-bond donors (Lipinski definition) is 1. The van der Waals surface area contributed by atoms with E-state index in [2.05, 4.69) is 22.1 Å². The van der Waals surface area contributed by atoms with Crippen molar-refractivity contribution in [1.82, 2.24) is 14.5 Å². The zero-order valence-corrected chi connectivity index (χ0v) is 19.6. The van der Waals surface area contributed by atoms with Crippen molar-refractivity contribution < 1.29 is 28.9 Å². The van der Waals surface area contributed by atoms with Gasteiger partial charge in [-0.15, -0.1) is 11.5 Å². The number of phenols is 1. The maximum atomic E-state index is 10.2. The Morgan fingerprint density at radius 3 is 2.75 bits per heavy atom. The molecule has 0 saturated heterocycles. The van der Waals surface area contributed by atoms with Crippen LogP contribution in [0.15, 0.2) is 101 Å². The molecule has 0 radical (unpaired) electrons. The van der Waals surface area contributed by atoms with Gasteiger partial charge in [0.1, 0.15) is 17.1 Å². The van der Waals surface area contributed by atoms with E-state index in [4.69, 9.17) is 2.74 Å². The molecule has 32 heavy (non-hydrogen) atoms. The maximum Gasteiger partial charge on any atom is 0.141 e. The molecule has 3 aromatic heterocycles. The summed E-state index contributed by atoms with van der Waals surface area (Å²) in [5.41, 5.74) is 2.30. The summed E-state index contributed by atoms with van der Waals surface area (Å²) in [5.74, 6) is 0.747. The van der Waals surface area contributed by atoms with Crippen molar-refractivity contribution in [2.45, 2.75) is 9.92 Å². The van der Waals surface area contributed by atoms with Crippen LogP contribution in [0, 0.1) is 6.07 Å². The Hall–Kier alpha value is -3.14. The second-order valence-corrected chi connectivity index (χ2v) is 8.10. The number of nitrogens with zero attached hydrogens (tertiary/aromatic N) is 3. The van der Waals surface area contributed by atoms with E-state index in [0.717, 1.165) is 32.1 Å². The third-order valence-electron chi connectivity index (χ3n) is 5.19. The number of benzene rings is 3. The Labute approximate surface area is 206 Å². The fourth-order valence-corrected chi connectivity index (χ4v) is 4.57. The van der Waals surface area contributed by atoms with Crippen LogP contribution in [0.25, 0.3) is 38.5 Å². The molecule has 3 aromatic carbocycles. The SMILES string of the molecule is [2H]c1ccnc(-n2c3[c-]c(Sc4nc5c(O)cccc5cc4[2H])ccc3c3ccccc32)c1.[Pt]. The molecule has 158 valence electrons. The molecule has 0 fully saturated rings. The van der Waals surface area contributed by atoms with Gasteiger partial charge >= 0.3 is 0 Å². The number of aromatic nitrogens is 3. The average Bonchev–Trinajstić information content (AvgIpc) is 3.14. The molecular formula is C26H16N3OPtS-. The Bertz CT molecular complexity index is 1700. The van der Waals surface area contributed by atoms with Gasteiger partial charge < -0.3 is 9.67 Å². The van der Waals surface area contributed by atoms with E-state index in [9.17, 15) is 5.11 Å². The smallest absolute Gasteiger partial charge is 0.141 e. The summed E-state index contributed by atoms with van der Waals surface area (Å²) in [5, 5.41) is 13.5. The quantitative estimate of drug-likeness (QED) is 0.235. The molecule has 1 N–H and O–H groups in total. The second-order valence-electron chi connectivity index (χ2n) is 7.07. The summed E-state index contributed by atoms with van der Waals surface area (Å²) in [6.45, 7) is 0. The summed E-state index contributed by atoms with van der Waals surface area (Å²) in [4.78, 5) is 9.84. The monoisotopic (exact) mass is 615 g/mol. The molecule has 0 saturated carbocycles. The zero-order chi connectivity index (χ0) is 22.5. The van der Waals surface area contributed by atoms with Crippen molar-refractivity contribution in [2.75, 3.05) is 0 Å². The normalized spacial score (nSPS) is 12.0. The van der Waals surface area contributed by atoms with Crippen LogP contribution in [0.5, 0.6) is 5.75 Å². The number of hydrogen-bond acceptors (Lipinski definition) is 4. The molecule has 6 aromatic rings. The molecule has 0 unspecified atom stereocenters. The molecule has 0 aliphatic carbocycles. The Kier molecular flexibility index (Phi) is 4.85. The van der Waals surface area contributed by atoms with Crippen LogP contribution in [0.4, 0.5) is 0 Å². The minimum atomic E-state index is 0. The molecule has 0 amide bonds. The largest absolute Gasteiger partial charge is 0.506 e. The van der Waals surface area contributed by atoms with Crippen molar-refractivity contribution in [3.63, 3.8) is 0 Å². The third-order valence-corrected chi connectivity index (χ3v) is 6.05. The molecule has 0 spiro atoms. The number of pyridine rings is 2. The van der Waals surface area contributed by atoms with Crippen LogP contribution >= 0.6 is 11.8 Å². The van der Waals surface area contributed by atoms with Gasteiger partial charge in [-0.05, 0) is 41.8 Å². The Balaban J connectivity index is 0.00000241. The topological polar surface area (TPSA) is 50.9 Å². The number of para-hydroxylation sites is 2. The van der Waals surface area contributed by atoms with E-state index in [-0.39, 0.29) is 32.9 Å². The molecule has 3 heterocycles. The van der Waals surface area contributed by atoms with E-state index >= 15 is 0 Å². The van der Waals surface area contributed by atoms with E-state index in [0.29, 0.717) is 22.4 Å². The van der Waals surface area contributed by atoms with Gasteiger partial charge in [0.05, 0.1) is 7.77 Å². The second kappa shape index (κ2) is 8.42. The molecule has 0 atom stereocenters. The summed E-state index contributed by atoms with van der Waals surface area (Å²) in [6.07, 6.45) is 1.63. The standard InChI is InChI=1S/C26H16N3OS.Pt/c30-23-9-5-6-17-11-14-25(28-26(17)23)31-18-12-13-20-19-7-1-2-8-21(19)29(22(20)16-18)24-10-3-4-15-27-24;/h1-15,30H;/q-1;/i3D,14D;. The molecule has 0 bridgehead atoms. The first-order chi connectivity index (χ1) is 16.1. The van der Waals surface area contributed by atoms with Crippen molar-refractivity contribution in [3.05, 3.63) is 97.1 Å². The van der Waals surface area contributed by atoms with Gasteiger partial charge in [-0.2, -0.15) is 12.1 Å². The molecule has 6 heteroatoms. The summed E-state index contributed by atoms with van der Waals surface area (Å²) >= 11 is 1.33. The van der Waals surface area contributed by atoms with Crippen LogP contribution in [0.2, 0.25) is 0 Å². The van der Waals surface area contributed by atoms with Crippen LogP contribution in [0.1, 0.15) is 2.74 Å². The summed E-state index contributed by atoms with van der Waals surface area (Å²) < 4.78 is 18.5. The Morgan fingerprint density at radius 1 is 0.938 bits per heavy atom. The van der Waals surface area contributed by atoms with Crippen LogP contribution in [0.3, 0.4) is 0 Å². The van der Waals surface area contributed by atoms with Gasteiger partial charge in [0.2, 0.25) is 0 Å². The van der Waals surface area contributed by atoms with Crippen LogP contribution < -0.4 is 0 Å². The molecular weight excluding hydrogens is 597 g/mol. The first-order valence-corrected chi connectivity index (χ1v) is 10.6. The molecule has 0 aliphatic rings. The maximum absolute atomic E-state index is 10.2. The predicted molar refractivity (Wildman–Crippen MR) is 125 cm³/mol. The zero-order valence-electron chi connectivity index (χ0n) is 18.5.